The predicted molar refractivity (Wildman–Crippen MR) is 115 cm³/mol. The molecule has 2 aromatic rings. The summed E-state index contributed by atoms with van der Waals surface area (Å²) in [7, 11) is 1.54. The van der Waals surface area contributed by atoms with Crippen LogP contribution in [0.4, 0.5) is 5.69 Å². The summed E-state index contributed by atoms with van der Waals surface area (Å²) in [5.41, 5.74) is 3.41. The Bertz CT molecular complexity index is 806. The summed E-state index contributed by atoms with van der Waals surface area (Å²) in [6.07, 6.45) is 0.719. The number of phenolic OH excluding ortho intramolecular Hbond substituents is 1. The fourth-order valence-corrected chi connectivity index (χ4v) is 4.76. The lowest BCUT2D eigenvalue weighted by Crippen LogP contribution is -2.30. The van der Waals surface area contributed by atoms with E-state index in [1.54, 1.807) is 17.8 Å². The number of hydrogen-bond acceptors (Lipinski definition) is 5. The number of aromatic hydroxyl groups is 1. The van der Waals surface area contributed by atoms with Crippen LogP contribution in [0.2, 0.25) is 0 Å². The van der Waals surface area contributed by atoms with E-state index in [0.717, 1.165) is 30.6 Å². The molecule has 1 aliphatic rings. The van der Waals surface area contributed by atoms with Gasteiger partial charge in [0.25, 0.3) is 0 Å². The van der Waals surface area contributed by atoms with Crippen LogP contribution in [0.5, 0.6) is 11.5 Å². The first-order valence-electron chi connectivity index (χ1n) is 9.69. The number of anilines is 1. The summed E-state index contributed by atoms with van der Waals surface area (Å²) in [6, 6.07) is 13.9. The molecular weight excluding hydrogens is 372 g/mol. The third kappa shape index (κ3) is 4.38. The molecule has 3 rings (SSSR count). The third-order valence-electron chi connectivity index (χ3n) is 5.16. The average Bonchev–Trinajstić information content (AvgIpc) is 3.09. The highest BCUT2D eigenvalue weighted by Crippen LogP contribution is 2.39. The molecule has 0 radical (unpaired) electrons. The summed E-state index contributed by atoms with van der Waals surface area (Å²) >= 11 is 1.68. The number of carbonyl (C=O) groups is 1. The number of hydrogen-bond donors (Lipinski definition) is 1. The molecule has 150 valence electrons. The van der Waals surface area contributed by atoms with Gasteiger partial charge in [0, 0.05) is 25.3 Å². The maximum atomic E-state index is 12.5. The van der Waals surface area contributed by atoms with Crippen LogP contribution in [0.25, 0.3) is 0 Å². The van der Waals surface area contributed by atoms with Gasteiger partial charge in [0.2, 0.25) is 5.91 Å². The lowest BCUT2D eigenvalue weighted by Gasteiger charge is -2.26. The van der Waals surface area contributed by atoms with E-state index < -0.39 is 0 Å². The molecule has 0 aliphatic carbocycles. The van der Waals surface area contributed by atoms with Crippen LogP contribution in [0, 0.1) is 0 Å². The van der Waals surface area contributed by atoms with Gasteiger partial charge in [-0.25, -0.2) is 0 Å². The van der Waals surface area contributed by atoms with E-state index in [2.05, 4.69) is 43.0 Å². The van der Waals surface area contributed by atoms with Crippen molar-refractivity contribution in [3.05, 3.63) is 53.6 Å². The Labute approximate surface area is 171 Å². The lowest BCUT2D eigenvalue weighted by molar-refractivity contribution is -0.128. The number of phenols is 1. The van der Waals surface area contributed by atoms with E-state index in [-0.39, 0.29) is 17.0 Å². The smallest absolute Gasteiger partial charge is 0.233 e. The quantitative estimate of drug-likeness (QED) is 0.724. The normalized spacial score (nSPS) is 16.5. The zero-order valence-electron chi connectivity index (χ0n) is 16.7. The number of carbonyl (C=O) groups excluding carboxylic acids is 1. The molecule has 1 amide bonds. The second-order valence-electron chi connectivity index (χ2n) is 6.77. The van der Waals surface area contributed by atoms with Gasteiger partial charge >= 0.3 is 0 Å². The Morgan fingerprint density at radius 3 is 2.54 bits per heavy atom. The second kappa shape index (κ2) is 9.24. The molecule has 6 heteroatoms. The molecule has 2 aromatic carbocycles. The van der Waals surface area contributed by atoms with Crippen molar-refractivity contribution in [2.24, 2.45) is 0 Å². The lowest BCUT2D eigenvalue weighted by atomic mass is 10.1. The third-order valence-corrected chi connectivity index (χ3v) is 6.42. The van der Waals surface area contributed by atoms with Crippen LogP contribution in [0.1, 0.15) is 30.3 Å². The van der Waals surface area contributed by atoms with E-state index in [4.69, 9.17) is 4.74 Å². The van der Waals surface area contributed by atoms with Gasteiger partial charge in [-0.3, -0.25) is 4.79 Å². The van der Waals surface area contributed by atoms with Crippen LogP contribution >= 0.6 is 11.8 Å². The predicted octanol–water partition coefficient (Wildman–Crippen LogP) is 4.06. The van der Waals surface area contributed by atoms with Gasteiger partial charge in [0.05, 0.1) is 12.9 Å². The second-order valence-corrected chi connectivity index (χ2v) is 7.84. The average molecular weight is 401 g/mol. The van der Waals surface area contributed by atoms with Crippen molar-refractivity contribution in [2.75, 3.05) is 37.4 Å². The highest BCUT2D eigenvalue weighted by molar-refractivity contribution is 8.00. The van der Waals surface area contributed by atoms with Crippen molar-refractivity contribution < 1.29 is 14.6 Å². The molecule has 1 N–H and O–H groups in total. The van der Waals surface area contributed by atoms with Crippen molar-refractivity contribution >= 4 is 23.4 Å². The van der Waals surface area contributed by atoms with Gasteiger partial charge < -0.3 is 19.6 Å². The molecule has 1 fully saturated rings. The minimum Gasteiger partial charge on any atom is -0.504 e. The van der Waals surface area contributed by atoms with Crippen molar-refractivity contribution in [1.29, 1.82) is 0 Å². The molecule has 1 aliphatic heterocycles. The molecule has 5 nitrogen and oxygen atoms in total. The fraction of sp³-hybridized carbons (Fsp3) is 0.409. The van der Waals surface area contributed by atoms with Gasteiger partial charge in [0.15, 0.2) is 11.5 Å². The van der Waals surface area contributed by atoms with Gasteiger partial charge in [0.1, 0.15) is 5.37 Å². The highest BCUT2D eigenvalue weighted by Gasteiger charge is 2.32. The molecule has 1 atom stereocenters. The van der Waals surface area contributed by atoms with E-state index in [9.17, 15) is 9.90 Å². The Morgan fingerprint density at radius 1 is 1.18 bits per heavy atom. The minimum atomic E-state index is 0.0530. The Hall–Kier alpha value is -2.34. The monoisotopic (exact) mass is 400 g/mol. The van der Waals surface area contributed by atoms with Gasteiger partial charge in [-0.15, -0.1) is 11.8 Å². The van der Waals surface area contributed by atoms with E-state index in [1.807, 2.05) is 17.0 Å². The first-order valence-corrected chi connectivity index (χ1v) is 10.7. The first kappa shape index (κ1) is 20.4. The van der Waals surface area contributed by atoms with Crippen molar-refractivity contribution in [2.45, 2.75) is 25.6 Å². The van der Waals surface area contributed by atoms with Crippen LogP contribution in [-0.4, -0.2) is 48.4 Å². The zero-order valence-corrected chi connectivity index (χ0v) is 17.5. The van der Waals surface area contributed by atoms with E-state index in [0.29, 0.717) is 18.0 Å². The maximum absolute atomic E-state index is 12.5. The van der Waals surface area contributed by atoms with Crippen LogP contribution in [0.3, 0.4) is 0 Å². The molecule has 0 spiro atoms. The zero-order chi connectivity index (χ0) is 20.1. The molecule has 1 heterocycles. The first-order chi connectivity index (χ1) is 13.6. The number of rotatable bonds is 8. The summed E-state index contributed by atoms with van der Waals surface area (Å²) in [5, 5.41) is 9.80. The van der Waals surface area contributed by atoms with Gasteiger partial charge in [-0.05, 0) is 55.7 Å². The van der Waals surface area contributed by atoms with Crippen LogP contribution in [0.15, 0.2) is 42.5 Å². The van der Waals surface area contributed by atoms with Crippen molar-refractivity contribution in [3.8, 4) is 11.5 Å². The van der Waals surface area contributed by atoms with Crippen LogP contribution < -0.4 is 9.64 Å². The molecule has 28 heavy (non-hydrogen) atoms. The van der Waals surface area contributed by atoms with E-state index >= 15 is 0 Å². The molecule has 1 saturated heterocycles. The summed E-state index contributed by atoms with van der Waals surface area (Å²) in [6.45, 7) is 6.91. The van der Waals surface area contributed by atoms with Gasteiger partial charge in [-0.2, -0.15) is 0 Å². The number of thioether (sulfide) groups is 1. The van der Waals surface area contributed by atoms with Gasteiger partial charge in [-0.1, -0.05) is 18.2 Å². The minimum absolute atomic E-state index is 0.0530. The molecule has 0 bridgehead atoms. The number of amides is 1. The SMILES string of the molecule is CCN(CC)c1ccc(C2SCC(=O)N2CCc2ccc(O)c(OC)c2)cc1. The summed E-state index contributed by atoms with van der Waals surface area (Å²) in [4.78, 5) is 16.7. The molecular formula is C22H28N2O3S. The summed E-state index contributed by atoms with van der Waals surface area (Å²) < 4.78 is 5.18. The molecule has 1 unspecified atom stereocenters. The standard InChI is InChI=1S/C22H28N2O3S/c1-4-23(5-2)18-9-7-17(8-10-18)22-24(21(26)15-28-22)13-12-16-6-11-19(25)20(14-16)27-3/h6-11,14,22,25H,4-5,12-13,15H2,1-3H3. The van der Waals surface area contributed by atoms with Crippen molar-refractivity contribution in [1.82, 2.24) is 4.90 Å². The Kier molecular flexibility index (Phi) is 6.73. The molecule has 0 aromatic heterocycles. The summed E-state index contributed by atoms with van der Waals surface area (Å²) in [5.74, 6) is 1.28. The number of ether oxygens (including phenoxy) is 1. The largest absolute Gasteiger partial charge is 0.504 e. The molecule has 0 saturated carbocycles. The van der Waals surface area contributed by atoms with Crippen molar-refractivity contribution in [3.63, 3.8) is 0 Å². The Balaban J connectivity index is 1.71. The number of benzene rings is 2. The number of nitrogens with zero attached hydrogens (tertiary/aromatic N) is 2. The highest BCUT2D eigenvalue weighted by atomic mass is 32.2. The number of methoxy groups -OCH3 is 1. The topological polar surface area (TPSA) is 53.0 Å². The van der Waals surface area contributed by atoms with Crippen LogP contribution in [-0.2, 0) is 11.2 Å². The fourth-order valence-electron chi connectivity index (χ4n) is 3.54. The van der Waals surface area contributed by atoms with E-state index in [1.165, 1.54) is 12.8 Å². The maximum Gasteiger partial charge on any atom is 0.233 e. The Morgan fingerprint density at radius 2 is 1.89 bits per heavy atom.